The van der Waals surface area contributed by atoms with E-state index in [2.05, 4.69) is 10.2 Å². The fourth-order valence-electron chi connectivity index (χ4n) is 6.87. The molecule has 4 N–H and O–H groups in total. The number of ether oxygens (including phenoxy) is 2. The number of aromatic hydroxyl groups is 1. The summed E-state index contributed by atoms with van der Waals surface area (Å²) in [6.45, 7) is 10.3. The van der Waals surface area contributed by atoms with Gasteiger partial charge >= 0.3 is 5.97 Å². The van der Waals surface area contributed by atoms with Crippen LogP contribution in [-0.4, -0.2) is 76.1 Å². The molecule has 1 amide bonds. The lowest BCUT2D eigenvalue weighted by molar-refractivity contribution is -0.153. The number of hydrogen-bond donors (Lipinski definition) is 4. The number of phenolic OH excluding ortho intramolecular Hbond substituents is 1. The van der Waals surface area contributed by atoms with Gasteiger partial charge in [-0.25, -0.2) is 4.79 Å². The van der Waals surface area contributed by atoms with Crippen LogP contribution in [0.15, 0.2) is 23.5 Å². The minimum absolute atomic E-state index is 0.0188. The number of aliphatic hydroxyl groups excluding tert-OH is 1. The predicted molar refractivity (Wildman–Crippen MR) is 140 cm³/mol. The summed E-state index contributed by atoms with van der Waals surface area (Å²) in [5.41, 5.74) is -1.32. The van der Waals surface area contributed by atoms with E-state index < -0.39 is 40.5 Å². The van der Waals surface area contributed by atoms with E-state index in [4.69, 9.17) is 9.47 Å². The normalized spacial score (nSPS) is 31.6. The van der Waals surface area contributed by atoms with Gasteiger partial charge in [0.15, 0.2) is 17.6 Å². The van der Waals surface area contributed by atoms with E-state index in [1.165, 1.54) is 26.9 Å². The van der Waals surface area contributed by atoms with Crippen molar-refractivity contribution in [2.24, 2.45) is 11.3 Å². The number of carbonyl (C=O) groups excluding carboxylic acids is 2. The number of methoxy groups -OCH3 is 1. The van der Waals surface area contributed by atoms with Crippen LogP contribution >= 0.6 is 0 Å². The summed E-state index contributed by atoms with van der Waals surface area (Å²) >= 11 is 0. The van der Waals surface area contributed by atoms with Gasteiger partial charge in [0.1, 0.15) is 11.8 Å². The number of likely N-dealkylation sites (tertiary alicyclic amines) is 1. The molecule has 1 spiro atoms. The van der Waals surface area contributed by atoms with Gasteiger partial charge in [-0.15, -0.1) is 0 Å². The molecule has 1 saturated carbocycles. The number of hydrogen-bond acceptors (Lipinski definition) is 8. The fourth-order valence-corrected chi connectivity index (χ4v) is 6.87. The number of aliphatic hydroxyl groups is 2. The van der Waals surface area contributed by atoms with Crippen molar-refractivity contribution in [3.8, 4) is 11.5 Å². The van der Waals surface area contributed by atoms with Crippen molar-refractivity contribution in [3.05, 3.63) is 34.6 Å². The first kappa shape index (κ1) is 26.8. The zero-order valence-corrected chi connectivity index (χ0v) is 23.1. The molecule has 2 aliphatic heterocycles. The molecule has 2 aliphatic carbocycles. The minimum atomic E-state index is -1.30. The minimum Gasteiger partial charge on any atom is -0.508 e. The van der Waals surface area contributed by atoms with Crippen LogP contribution in [0.25, 0.3) is 0 Å². The highest BCUT2D eigenvalue weighted by atomic mass is 16.5. The SMILES string of the molecule is COC(=O)C(NC(=O)/C(C)=C(\O)[C@@H]1Oc2c(O)ccc3c2[C@@]12CCN(CC1CC1)[C@H](C3)[C@@]2(C)O)C(C)(C)C. The molecule has 2 fully saturated rings. The highest BCUT2D eigenvalue weighted by molar-refractivity contribution is 5.96. The lowest BCUT2D eigenvalue weighted by atomic mass is 9.53. The van der Waals surface area contributed by atoms with Crippen LogP contribution in [0, 0.1) is 11.3 Å². The molecule has 1 saturated heterocycles. The van der Waals surface area contributed by atoms with E-state index in [1.54, 1.807) is 13.0 Å². The highest BCUT2D eigenvalue weighted by Gasteiger charge is 2.69. The molecular weight excluding hydrogens is 488 g/mol. The number of nitrogens with zero attached hydrogens (tertiary/aromatic N) is 1. The Morgan fingerprint density at radius 2 is 1.97 bits per heavy atom. The third kappa shape index (κ3) is 3.88. The monoisotopic (exact) mass is 528 g/mol. The largest absolute Gasteiger partial charge is 0.508 e. The van der Waals surface area contributed by atoms with Gasteiger partial charge in [0.2, 0.25) is 0 Å². The van der Waals surface area contributed by atoms with E-state index in [1.807, 2.05) is 26.8 Å². The third-order valence-electron chi connectivity index (χ3n) is 9.29. The van der Waals surface area contributed by atoms with Crippen LogP contribution in [0.1, 0.15) is 65.0 Å². The lowest BCUT2D eigenvalue weighted by Crippen LogP contribution is -2.73. The topological polar surface area (TPSA) is 129 Å². The number of nitrogens with one attached hydrogen (secondary N) is 1. The summed E-state index contributed by atoms with van der Waals surface area (Å²) in [5.74, 6) is -0.698. The van der Waals surface area contributed by atoms with Crippen LogP contribution < -0.4 is 10.1 Å². The maximum absolute atomic E-state index is 13.3. The van der Waals surface area contributed by atoms with Crippen molar-refractivity contribution in [1.82, 2.24) is 10.2 Å². The Kier molecular flexibility index (Phi) is 6.26. The molecule has 208 valence electrons. The number of fused-ring (bicyclic) bond motifs is 1. The molecule has 9 heteroatoms. The van der Waals surface area contributed by atoms with Gasteiger partial charge in [-0.05, 0) is 69.0 Å². The van der Waals surface area contributed by atoms with Crippen LogP contribution in [0.4, 0.5) is 0 Å². The van der Waals surface area contributed by atoms with Crippen molar-refractivity contribution in [3.63, 3.8) is 0 Å². The van der Waals surface area contributed by atoms with Crippen LogP contribution in [-0.2, 0) is 26.2 Å². The molecule has 5 rings (SSSR count). The van der Waals surface area contributed by atoms with E-state index in [-0.39, 0.29) is 28.9 Å². The number of esters is 1. The molecule has 1 aromatic carbocycles. The Labute approximate surface area is 223 Å². The number of carbonyl (C=O) groups is 2. The number of phenols is 1. The van der Waals surface area contributed by atoms with Crippen molar-refractivity contribution in [2.75, 3.05) is 20.2 Å². The van der Waals surface area contributed by atoms with E-state index in [0.29, 0.717) is 25.3 Å². The summed E-state index contributed by atoms with van der Waals surface area (Å²) < 4.78 is 11.2. The number of rotatable bonds is 6. The molecule has 2 bridgehead atoms. The van der Waals surface area contributed by atoms with Gasteiger partial charge in [-0.2, -0.15) is 0 Å². The second-order valence-electron chi connectivity index (χ2n) is 12.8. The zero-order valence-electron chi connectivity index (χ0n) is 23.1. The zero-order chi connectivity index (χ0) is 27.8. The Balaban J connectivity index is 1.56. The fraction of sp³-hybridized carbons (Fsp3) is 0.655. The average Bonchev–Trinajstić information content (AvgIpc) is 3.59. The van der Waals surface area contributed by atoms with E-state index in [0.717, 1.165) is 17.7 Å². The van der Waals surface area contributed by atoms with Crippen LogP contribution in [0.3, 0.4) is 0 Å². The van der Waals surface area contributed by atoms with Crippen LogP contribution in [0.5, 0.6) is 11.5 Å². The quantitative estimate of drug-likeness (QED) is 0.252. The standard InChI is InChI=1S/C29H40N2O7/c1-15(25(34)30-23(26(35)37-6)27(2,3)4)21(33)24-29-11-12-31(14-16-7-8-16)19(28(29,5)36)13-17-9-10-18(32)22(38-24)20(17)29/h9-10,16,19,23-24,32-33,36H,7-8,11-14H2,1-6H3,(H,30,34)/b21-15-/t19-,23?,24+,28-,29+/m1/s1. The molecule has 4 aliphatic rings. The maximum Gasteiger partial charge on any atom is 0.328 e. The summed E-state index contributed by atoms with van der Waals surface area (Å²) in [4.78, 5) is 28.1. The average molecular weight is 529 g/mol. The van der Waals surface area contributed by atoms with Gasteiger partial charge in [0, 0.05) is 18.2 Å². The molecule has 0 aromatic heterocycles. The third-order valence-corrected chi connectivity index (χ3v) is 9.29. The first-order valence-corrected chi connectivity index (χ1v) is 13.5. The van der Waals surface area contributed by atoms with Crippen LogP contribution in [0.2, 0.25) is 0 Å². The summed E-state index contributed by atoms with van der Waals surface area (Å²) in [7, 11) is 1.26. The van der Waals surface area contributed by atoms with E-state index >= 15 is 0 Å². The van der Waals surface area contributed by atoms with Gasteiger partial charge in [0.05, 0.1) is 23.7 Å². The first-order valence-electron chi connectivity index (χ1n) is 13.5. The van der Waals surface area contributed by atoms with Gasteiger partial charge in [-0.1, -0.05) is 26.8 Å². The Hall–Kier alpha value is -2.78. The highest BCUT2D eigenvalue weighted by Crippen LogP contribution is 2.63. The van der Waals surface area contributed by atoms with Crippen molar-refractivity contribution < 1.29 is 34.4 Å². The molecular formula is C29H40N2O7. The smallest absolute Gasteiger partial charge is 0.328 e. The van der Waals surface area contributed by atoms with E-state index in [9.17, 15) is 24.9 Å². The first-order chi connectivity index (χ1) is 17.7. The van der Waals surface area contributed by atoms with Gasteiger partial charge < -0.3 is 30.1 Å². The molecule has 38 heavy (non-hydrogen) atoms. The second kappa shape index (κ2) is 8.88. The Morgan fingerprint density at radius 1 is 1.29 bits per heavy atom. The summed E-state index contributed by atoms with van der Waals surface area (Å²) in [5, 5.41) is 37.3. The van der Waals surface area contributed by atoms with Gasteiger partial charge in [-0.3, -0.25) is 9.69 Å². The molecule has 1 unspecified atom stereocenters. The van der Waals surface area contributed by atoms with Crippen molar-refractivity contribution in [1.29, 1.82) is 0 Å². The molecule has 2 heterocycles. The molecule has 0 radical (unpaired) electrons. The number of benzene rings is 1. The van der Waals surface area contributed by atoms with Crippen molar-refractivity contribution in [2.45, 2.75) is 89.5 Å². The van der Waals surface area contributed by atoms with Gasteiger partial charge in [0.25, 0.3) is 5.91 Å². The summed E-state index contributed by atoms with van der Waals surface area (Å²) in [6, 6.07) is 2.33. The Morgan fingerprint density at radius 3 is 2.58 bits per heavy atom. The molecule has 1 aromatic rings. The van der Waals surface area contributed by atoms with Crippen molar-refractivity contribution >= 4 is 11.9 Å². The lowest BCUT2D eigenvalue weighted by Gasteiger charge is -2.59. The predicted octanol–water partition coefficient (Wildman–Crippen LogP) is 2.72. The number of amides is 1. The molecule has 5 atom stereocenters. The second-order valence-corrected chi connectivity index (χ2v) is 12.8. The maximum atomic E-state index is 13.3. The molecule has 9 nitrogen and oxygen atoms in total. The Bertz CT molecular complexity index is 1200. The number of piperidine rings is 1. The summed E-state index contributed by atoms with van der Waals surface area (Å²) in [6.07, 6.45) is 2.42.